The van der Waals surface area contributed by atoms with Crippen LogP contribution in [-0.4, -0.2) is 67.0 Å². The lowest BCUT2D eigenvalue weighted by Gasteiger charge is -2.39. The van der Waals surface area contributed by atoms with Gasteiger partial charge in [-0.3, -0.25) is 14.4 Å². The Kier molecular flexibility index (Phi) is 7.00. The molecule has 11 heteroatoms. The highest BCUT2D eigenvalue weighted by atomic mass is 19.4. The molecule has 0 aliphatic carbocycles. The number of rotatable bonds is 5. The number of benzene rings is 2. The second kappa shape index (κ2) is 10.3. The average molecular weight is 544 g/mol. The first-order valence-corrected chi connectivity index (χ1v) is 12.7. The Morgan fingerprint density at radius 2 is 1.64 bits per heavy atom. The molecule has 0 radical (unpaired) electrons. The van der Waals surface area contributed by atoms with E-state index < -0.39 is 24.0 Å². The summed E-state index contributed by atoms with van der Waals surface area (Å²) < 4.78 is 50.1. The monoisotopic (exact) mass is 543 g/mol. The first kappa shape index (κ1) is 26.6. The standard InChI is InChI=1S/C28H28F3N3O5/c1-38-20-9-5-8-19-16-21(39-23(19)20)24(35)33-13-10-27(11-14-33)12-15-34(17-27)25(36)22(18-6-3-2-4-7-18)32-26(37)28(29,30)31/h2-9,16,22H,10-15,17H2,1H3,(H,32,37). The largest absolute Gasteiger partial charge is 0.493 e. The van der Waals surface area contributed by atoms with Gasteiger partial charge in [0.25, 0.3) is 5.91 Å². The van der Waals surface area contributed by atoms with Crippen molar-refractivity contribution in [2.45, 2.75) is 31.5 Å². The van der Waals surface area contributed by atoms with Crippen molar-refractivity contribution in [1.29, 1.82) is 0 Å². The van der Waals surface area contributed by atoms with E-state index in [0.29, 0.717) is 56.8 Å². The number of hydrogen-bond donors (Lipinski definition) is 1. The molecule has 0 saturated carbocycles. The third-order valence-electron chi connectivity index (χ3n) is 7.71. The van der Waals surface area contributed by atoms with Gasteiger partial charge in [0, 0.05) is 31.6 Å². The molecule has 8 nitrogen and oxygen atoms in total. The highest BCUT2D eigenvalue weighted by Gasteiger charge is 2.46. The van der Waals surface area contributed by atoms with E-state index in [0.717, 1.165) is 5.39 Å². The number of furan rings is 1. The van der Waals surface area contributed by atoms with E-state index in [-0.39, 0.29) is 22.6 Å². The number of nitrogens with zero attached hydrogens (tertiary/aromatic N) is 2. The molecule has 39 heavy (non-hydrogen) atoms. The summed E-state index contributed by atoms with van der Waals surface area (Å²) in [6.45, 7) is 1.63. The molecule has 2 aliphatic heterocycles. The first-order valence-electron chi connectivity index (χ1n) is 12.7. The Labute approximate surface area is 222 Å². The third-order valence-corrected chi connectivity index (χ3v) is 7.71. The van der Waals surface area contributed by atoms with Crippen LogP contribution in [0.15, 0.2) is 59.0 Å². The maximum absolute atomic E-state index is 13.4. The lowest BCUT2D eigenvalue weighted by atomic mass is 9.77. The van der Waals surface area contributed by atoms with Crippen molar-refractivity contribution >= 4 is 28.7 Å². The molecule has 3 aromatic rings. The van der Waals surface area contributed by atoms with Crippen molar-refractivity contribution in [3.63, 3.8) is 0 Å². The summed E-state index contributed by atoms with van der Waals surface area (Å²) in [5.41, 5.74) is 0.537. The Morgan fingerprint density at radius 3 is 2.28 bits per heavy atom. The number of halogens is 3. The lowest BCUT2D eigenvalue weighted by molar-refractivity contribution is -0.175. The summed E-state index contributed by atoms with van der Waals surface area (Å²) >= 11 is 0. The lowest BCUT2D eigenvalue weighted by Crippen LogP contribution is -2.48. The van der Waals surface area contributed by atoms with E-state index in [1.165, 1.54) is 24.1 Å². The zero-order valence-electron chi connectivity index (χ0n) is 21.3. The van der Waals surface area contributed by atoms with Crippen molar-refractivity contribution in [2.75, 3.05) is 33.3 Å². The predicted octanol–water partition coefficient (Wildman–Crippen LogP) is 4.32. The number of ether oxygens (including phenoxy) is 1. The zero-order valence-corrected chi connectivity index (χ0v) is 21.3. The molecule has 1 N–H and O–H groups in total. The zero-order chi connectivity index (χ0) is 27.8. The average Bonchev–Trinajstić information content (AvgIpc) is 3.56. The number of hydrogen-bond acceptors (Lipinski definition) is 5. The second-order valence-electron chi connectivity index (χ2n) is 10.1. The van der Waals surface area contributed by atoms with Crippen LogP contribution in [0.4, 0.5) is 13.2 Å². The minimum atomic E-state index is -5.11. The molecule has 2 aromatic carbocycles. The maximum atomic E-state index is 13.4. The molecule has 3 heterocycles. The fourth-order valence-corrected chi connectivity index (χ4v) is 5.50. The van der Waals surface area contributed by atoms with Crippen molar-refractivity contribution in [1.82, 2.24) is 15.1 Å². The molecule has 2 saturated heterocycles. The molecular formula is C28H28F3N3O5. The Bertz CT molecular complexity index is 1380. The van der Waals surface area contributed by atoms with E-state index in [1.807, 2.05) is 17.4 Å². The molecule has 1 atom stereocenters. The molecule has 1 unspecified atom stereocenters. The summed E-state index contributed by atoms with van der Waals surface area (Å²) in [5.74, 6) is -2.20. The summed E-state index contributed by atoms with van der Waals surface area (Å²) in [6.07, 6.45) is -3.17. The quantitative estimate of drug-likeness (QED) is 0.518. The van der Waals surface area contributed by atoms with E-state index >= 15 is 0 Å². The number of carbonyl (C=O) groups excluding carboxylic acids is 3. The Hall–Kier alpha value is -4.02. The fourth-order valence-electron chi connectivity index (χ4n) is 5.50. The molecule has 206 valence electrons. The number of para-hydroxylation sites is 1. The van der Waals surface area contributed by atoms with Crippen molar-refractivity contribution in [3.8, 4) is 5.75 Å². The van der Waals surface area contributed by atoms with E-state index in [4.69, 9.17) is 9.15 Å². The highest BCUT2D eigenvalue weighted by Crippen LogP contribution is 2.41. The van der Waals surface area contributed by atoms with Crippen molar-refractivity contribution in [3.05, 3.63) is 65.9 Å². The van der Waals surface area contributed by atoms with Gasteiger partial charge >= 0.3 is 12.1 Å². The molecule has 1 spiro atoms. The molecule has 5 rings (SSSR count). The van der Waals surface area contributed by atoms with Gasteiger partial charge in [0.05, 0.1) is 7.11 Å². The predicted molar refractivity (Wildman–Crippen MR) is 135 cm³/mol. The topological polar surface area (TPSA) is 92.1 Å². The van der Waals surface area contributed by atoms with Crippen LogP contribution in [0.2, 0.25) is 0 Å². The SMILES string of the molecule is COc1cccc2cc(C(=O)N3CCC4(CC3)CCN(C(=O)C(NC(=O)C(F)(F)F)c3ccccc3)C4)oc12. The summed E-state index contributed by atoms with van der Waals surface area (Å²) in [5, 5.41) is 2.64. The molecule has 0 bridgehead atoms. The van der Waals surface area contributed by atoms with Gasteiger partial charge < -0.3 is 24.3 Å². The van der Waals surface area contributed by atoms with Crippen molar-refractivity contribution in [2.24, 2.45) is 5.41 Å². The number of fused-ring (bicyclic) bond motifs is 1. The number of piperidine rings is 1. The number of nitrogens with one attached hydrogen (secondary N) is 1. The fraction of sp³-hybridized carbons (Fsp3) is 0.393. The number of methoxy groups -OCH3 is 1. The molecule has 2 fully saturated rings. The van der Waals surface area contributed by atoms with Gasteiger partial charge in [-0.1, -0.05) is 42.5 Å². The van der Waals surface area contributed by atoms with E-state index in [2.05, 4.69) is 0 Å². The van der Waals surface area contributed by atoms with Crippen LogP contribution in [0.1, 0.15) is 41.4 Å². The molecule has 2 aliphatic rings. The van der Waals surface area contributed by atoms with Gasteiger partial charge in [0.1, 0.15) is 6.04 Å². The van der Waals surface area contributed by atoms with Gasteiger partial charge in [0.15, 0.2) is 17.1 Å². The summed E-state index contributed by atoms with van der Waals surface area (Å²) in [4.78, 5) is 41.5. The normalized spacial score (nSPS) is 17.8. The smallest absolute Gasteiger partial charge is 0.471 e. The molecule has 1 aromatic heterocycles. The number of amides is 3. The van der Waals surface area contributed by atoms with Crippen LogP contribution >= 0.6 is 0 Å². The van der Waals surface area contributed by atoms with E-state index in [1.54, 1.807) is 35.2 Å². The van der Waals surface area contributed by atoms with Crippen LogP contribution < -0.4 is 10.1 Å². The number of carbonyl (C=O) groups is 3. The van der Waals surface area contributed by atoms with Crippen LogP contribution in [0.3, 0.4) is 0 Å². The van der Waals surface area contributed by atoms with Crippen LogP contribution in [0, 0.1) is 5.41 Å². The number of alkyl halides is 3. The summed E-state index contributed by atoms with van der Waals surface area (Å²) in [7, 11) is 1.53. The maximum Gasteiger partial charge on any atom is 0.471 e. The Morgan fingerprint density at radius 1 is 0.974 bits per heavy atom. The molecule has 3 amide bonds. The van der Waals surface area contributed by atoms with Gasteiger partial charge in [-0.25, -0.2) is 0 Å². The minimum absolute atomic E-state index is 0.222. The number of likely N-dealkylation sites (tertiary alicyclic amines) is 2. The van der Waals surface area contributed by atoms with Gasteiger partial charge in [-0.15, -0.1) is 0 Å². The first-order chi connectivity index (χ1) is 18.6. The molecular weight excluding hydrogens is 515 g/mol. The van der Waals surface area contributed by atoms with Gasteiger partial charge in [-0.05, 0) is 42.4 Å². The van der Waals surface area contributed by atoms with Crippen LogP contribution in [-0.2, 0) is 9.59 Å². The Balaban J connectivity index is 1.25. The van der Waals surface area contributed by atoms with Gasteiger partial charge in [-0.2, -0.15) is 13.2 Å². The highest BCUT2D eigenvalue weighted by molar-refractivity contribution is 5.97. The third kappa shape index (κ3) is 5.30. The van der Waals surface area contributed by atoms with Crippen LogP contribution in [0.25, 0.3) is 11.0 Å². The minimum Gasteiger partial charge on any atom is -0.493 e. The van der Waals surface area contributed by atoms with Crippen LogP contribution in [0.5, 0.6) is 5.75 Å². The summed E-state index contributed by atoms with van der Waals surface area (Å²) in [6, 6.07) is 13.6. The van der Waals surface area contributed by atoms with Gasteiger partial charge in [0.2, 0.25) is 5.91 Å². The van der Waals surface area contributed by atoms with E-state index in [9.17, 15) is 27.6 Å². The second-order valence-corrected chi connectivity index (χ2v) is 10.1. The van der Waals surface area contributed by atoms with Crippen molar-refractivity contribution < 1.29 is 36.7 Å².